The molecular formula is C16H32N2O. The number of nitrogens with two attached hydrogens (primary N) is 1. The molecule has 0 aromatic rings. The van der Waals surface area contributed by atoms with E-state index in [1.54, 1.807) is 0 Å². The minimum Gasteiger partial charge on any atom is -0.353 e. The molecule has 0 heterocycles. The molecule has 0 aliphatic heterocycles. The monoisotopic (exact) mass is 268 g/mol. The van der Waals surface area contributed by atoms with Crippen molar-refractivity contribution in [3.63, 3.8) is 0 Å². The maximum absolute atomic E-state index is 12.2. The number of carbonyl (C=O) groups excluding carboxylic acids is 1. The molecular weight excluding hydrogens is 236 g/mol. The average Bonchev–Trinajstić information content (AvgIpc) is 2.38. The SMILES string of the molecule is CCC1CCCCC1NC(=O)C(C)CCCC(C)N. The number of rotatable bonds is 7. The van der Waals surface area contributed by atoms with Crippen LogP contribution in [0.5, 0.6) is 0 Å². The summed E-state index contributed by atoms with van der Waals surface area (Å²) in [6.45, 7) is 6.31. The summed E-state index contributed by atoms with van der Waals surface area (Å²) < 4.78 is 0. The van der Waals surface area contributed by atoms with Crippen molar-refractivity contribution >= 4 is 5.91 Å². The fourth-order valence-electron chi connectivity index (χ4n) is 3.09. The average molecular weight is 268 g/mol. The Morgan fingerprint density at radius 1 is 1.26 bits per heavy atom. The Morgan fingerprint density at radius 2 is 1.95 bits per heavy atom. The van der Waals surface area contributed by atoms with E-state index in [-0.39, 0.29) is 17.9 Å². The summed E-state index contributed by atoms with van der Waals surface area (Å²) >= 11 is 0. The summed E-state index contributed by atoms with van der Waals surface area (Å²) in [6.07, 6.45) is 9.24. The van der Waals surface area contributed by atoms with Crippen LogP contribution in [0.25, 0.3) is 0 Å². The third-order valence-electron chi connectivity index (χ3n) is 4.51. The predicted molar refractivity (Wildman–Crippen MR) is 80.8 cm³/mol. The molecule has 112 valence electrons. The Morgan fingerprint density at radius 3 is 2.58 bits per heavy atom. The van der Waals surface area contributed by atoms with Gasteiger partial charge in [-0.3, -0.25) is 4.79 Å². The van der Waals surface area contributed by atoms with Gasteiger partial charge in [-0.25, -0.2) is 0 Å². The van der Waals surface area contributed by atoms with Crippen LogP contribution in [0.4, 0.5) is 0 Å². The van der Waals surface area contributed by atoms with Gasteiger partial charge in [-0.2, -0.15) is 0 Å². The minimum absolute atomic E-state index is 0.123. The fourth-order valence-corrected chi connectivity index (χ4v) is 3.09. The van der Waals surface area contributed by atoms with Crippen LogP contribution >= 0.6 is 0 Å². The number of nitrogens with one attached hydrogen (secondary N) is 1. The maximum Gasteiger partial charge on any atom is 0.223 e. The first kappa shape index (κ1) is 16.5. The van der Waals surface area contributed by atoms with Crippen molar-refractivity contribution in [2.75, 3.05) is 0 Å². The molecule has 1 aliphatic carbocycles. The first-order valence-electron chi connectivity index (χ1n) is 8.10. The lowest BCUT2D eigenvalue weighted by Gasteiger charge is -2.32. The van der Waals surface area contributed by atoms with Crippen LogP contribution in [-0.2, 0) is 4.79 Å². The van der Waals surface area contributed by atoms with Gasteiger partial charge in [0.15, 0.2) is 0 Å². The van der Waals surface area contributed by atoms with Gasteiger partial charge in [-0.05, 0) is 38.5 Å². The third-order valence-corrected chi connectivity index (χ3v) is 4.51. The highest BCUT2D eigenvalue weighted by Gasteiger charge is 2.26. The van der Waals surface area contributed by atoms with Gasteiger partial charge in [0.05, 0.1) is 0 Å². The van der Waals surface area contributed by atoms with Crippen molar-refractivity contribution in [3.05, 3.63) is 0 Å². The summed E-state index contributed by atoms with van der Waals surface area (Å²) in [6, 6.07) is 0.667. The molecule has 1 rings (SSSR count). The van der Waals surface area contributed by atoms with Crippen molar-refractivity contribution in [2.45, 2.75) is 84.2 Å². The normalized spacial score (nSPS) is 26.7. The number of hydrogen-bond donors (Lipinski definition) is 2. The second-order valence-electron chi connectivity index (χ2n) is 6.38. The zero-order chi connectivity index (χ0) is 14.3. The molecule has 0 aromatic heterocycles. The second kappa shape index (κ2) is 8.57. The highest BCUT2D eigenvalue weighted by atomic mass is 16.1. The predicted octanol–water partition coefficient (Wildman–Crippen LogP) is 3.23. The van der Waals surface area contributed by atoms with Gasteiger partial charge in [0.1, 0.15) is 0 Å². The third kappa shape index (κ3) is 5.94. The van der Waals surface area contributed by atoms with E-state index in [1.807, 2.05) is 13.8 Å². The zero-order valence-corrected chi connectivity index (χ0v) is 13.0. The molecule has 0 saturated heterocycles. The lowest BCUT2D eigenvalue weighted by Crippen LogP contribution is -2.44. The zero-order valence-electron chi connectivity index (χ0n) is 13.0. The largest absolute Gasteiger partial charge is 0.353 e. The van der Waals surface area contributed by atoms with Crippen molar-refractivity contribution in [1.29, 1.82) is 0 Å². The van der Waals surface area contributed by atoms with Crippen LogP contribution in [0.15, 0.2) is 0 Å². The van der Waals surface area contributed by atoms with Gasteiger partial charge >= 0.3 is 0 Å². The molecule has 3 N–H and O–H groups in total. The number of amides is 1. The smallest absolute Gasteiger partial charge is 0.223 e. The standard InChI is InChI=1S/C16H32N2O/c1-4-14-10-5-6-11-15(14)18-16(19)12(2)8-7-9-13(3)17/h12-15H,4-11,17H2,1-3H3,(H,18,19). The molecule has 4 unspecified atom stereocenters. The van der Waals surface area contributed by atoms with E-state index in [2.05, 4.69) is 12.2 Å². The fraction of sp³-hybridized carbons (Fsp3) is 0.938. The summed E-state index contributed by atoms with van der Waals surface area (Å²) in [5.74, 6) is 1.06. The molecule has 4 atom stereocenters. The van der Waals surface area contributed by atoms with Crippen LogP contribution in [0.2, 0.25) is 0 Å². The van der Waals surface area contributed by atoms with E-state index in [9.17, 15) is 4.79 Å². The topological polar surface area (TPSA) is 55.1 Å². The molecule has 3 heteroatoms. The molecule has 0 radical (unpaired) electrons. The minimum atomic E-state index is 0.123. The molecule has 1 fully saturated rings. The second-order valence-corrected chi connectivity index (χ2v) is 6.38. The van der Waals surface area contributed by atoms with Crippen LogP contribution < -0.4 is 11.1 Å². The van der Waals surface area contributed by atoms with Crippen LogP contribution in [0.1, 0.15) is 72.1 Å². The van der Waals surface area contributed by atoms with Crippen molar-refractivity contribution in [2.24, 2.45) is 17.6 Å². The maximum atomic E-state index is 12.2. The molecule has 19 heavy (non-hydrogen) atoms. The Balaban J connectivity index is 2.31. The van der Waals surface area contributed by atoms with Crippen LogP contribution in [0.3, 0.4) is 0 Å². The first-order chi connectivity index (χ1) is 9.04. The van der Waals surface area contributed by atoms with E-state index in [0.717, 1.165) is 25.7 Å². The van der Waals surface area contributed by atoms with E-state index in [0.29, 0.717) is 12.0 Å². The molecule has 1 aliphatic rings. The Hall–Kier alpha value is -0.570. The number of hydrogen-bond acceptors (Lipinski definition) is 2. The van der Waals surface area contributed by atoms with Crippen LogP contribution in [0, 0.1) is 11.8 Å². The summed E-state index contributed by atoms with van der Waals surface area (Å²) in [4.78, 5) is 12.2. The first-order valence-corrected chi connectivity index (χ1v) is 8.10. The highest BCUT2D eigenvalue weighted by Crippen LogP contribution is 2.27. The molecule has 3 nitrogen and oxygen atoms in total. The van der Waals surface area contributed by atoms with Gasteiger partial charge < -0.3 is 11.1 Å². The Bertz CT molecular complexity index is 265. The van der Waals surface area contributed by atoms with Crippen molar-refractivity contribution in [1.82, 2.24) is 5.32 Å². The molecule has 0 bridgehead atoms. The number of carbonyl (C=O) groups is 1. The van der Waals surface area contributed by atoms with Gasteiger partial charge in [-0.1, -0.05) is 39.5 Å². The van der Waals surface area contributed by atoms with Gasteiger partial charge in [0.2, 0.25) is 5.91 Å². The Kier molecular flexibility index (Phi) is 7.44. The van der Waals surface area contributed by atoms with E-state index in [4.69, 9.17) is 5.73 Å². The quantitative estimate of drug-likeness (QED) is 0.745. The molecule has 0 aromatic carbocycles. The molecule has 0 spiro atoms. The lowest BCUT2D eigenvalue weighted by atomic mass is 9.82. The molecule has 1 saturated carbocycles. The van der Waals surface area contributed by atoms with E-state index >= 15 is 0 Å². The van der Waals surface area contributed by atoms with E-state index < -0.39 is 0 Å². The lowest BCUT2D eigenvalue weighted by molar-refractivity contribution is -0.126. The van der Waals surface area contributed by atoms with Gasteiger partial charge in [0.25, 0.3) is 0 Å². The Labute approximate surface area is 118 Å². The van der Waals surface area contributed by atoms with Gasteiger partial charge in [0, 0.05) is 18.0 Å². The van der Waals surface area contributed by atoms with Crippen molar-refractivity contribution in [3.8, 4) is 0 Å². The van der Waals surface area contributed by atoms with Crippen LogP contribution in [-0.4, -0.2) is 18.0 Å². The molecule has 1 amide bonds. The van der Waals surface area contributed by atoms with Gasteiger partial charge in [-0.15, -0.1) is 0 Å². The van der Waals surface area contributed by atoms with Crippen molar-refractivity contribution < 1.29 is 4.79 Å². The summed E-state index contributed by atoms with van der Waals surface area (Å²) in [5.41, 5.74) is 5.74. The highest BCUT2D eigenvalue weighted by molar-refractivity contribution is 5.78. The summed E-state index contributed by atoms with van der Waals surface area (Å²) in [5, 5.41) is 3.29. The van der Waals surface area contributed by atoms with E-state index in [1.165, 1.54) is 25.7 Å². The summed E-state index contributed by atoms with van der Waals surface area (Å²) in [7, 11) is 0.